The molecule has 1 fully saturated rings. The third-order valence-corrected chi connectivity index (χ3v) is 5.54. The second-order valence-electron chi connectivity index (χ2n) is 7.46. The molecule has 5 rings (SSSR count). The lowest BCUT2D eigenvalue weighted by molar-refractivity contribution is -0.120. The quantitative estimate of drug-likeness (QED) is 0.732. The van der Waals surface area contributed by atoms with Crippen LogP contribution in [0.2, 0.25) is 0 Å². The van der Waals surface area contributed by atoms with Crippen LogP contribution in [0.1, 0.15) is 39.8 Å². The highest BCUT2D eigenvalue weighted by molar-refractivity contribution is 6.02. The molecule has 1 saturated carbocycles. The van der Waals surface area contributed by atoms with Gasteiger partial charge >= 0.3 is 0 Å². The van der Waals surface area contributed by atoms with Crippen molar-refractivity contribution in [3.8, 4) is 0 Å². The van der Waals surface area contributed by atoms with Gasteiger partial charge in [0.1, 0.15) is 11.8 Å². The zero-order valence-corrected chi connectivity index (χ0v) is 15.8. The zero-order chi connectivity index (χ0) is 20.0. The summed E-state index contributed by atoms with van der Waals surface area (Å²) in [6, 6.07) is 10.8. The van der Waals surface area contributed by atoms with E-state index in [1.54, 1.807) is 25.5 Å². The minimum atomic E-state index is -0.636. The Kier molecular flexibility index (Phi) is 4.12. The lowest BCUT2D eigenvalue weighted by atomic mass is 10.1. The average Bonchev–Trinajstić information content (AvgIpc) is 3.41. The van der Waals surface area contributed by atoms with Crippen LogP contribution in [0.5, 0.6) is 0 Å². The van der Waals surface area contributed by atoms with Gasteiger partial charge < -0.3 is 9.84 Å². The fraction of sp³-hybridized carbons (Fsp3) is 0.286. The fourth-order valence-corrected chi connectivity index (χ4v) is 3.94. The predicted molar refractivity (Wildman–Crippen MR) is 103 cm³/mol. The highest BCUT2D eigenvalue weighted by atomic mass is 16.5. The topological polar surface area (TPSA) is 101 Å². The second-order valence-corrected chi connectivity index (χ2v) is 7.46. The maximum absolute atomic E-state index is 13.0. The van der Waals surface area contributed by atoms with Crippen molar-refractivity contribution in [3.05, 3.63) is 71.5 Å². The molecule has 146 valence electrons. The number of carbonyl (C=O) groups excluding carboxylic acids is 2. The molecular weight excluding hydrogens is 370 g/mol. The molecular formula is C21H19N5O3. The number of benzene rings is 1. The van der Waals surface area contributed by atoms with E-state index in [1.165, 1.54) is 4.90 Å². The van der Waals surface area contributed by atoms with Gasteiger partial charge in [0.25, 0.3) is 11.8 Å². The molecule has 8 heteroatoms. The maximum Gasteiger partial charge on any atom is 0.274 e. The van der Waals surface area contributed by atoms with Crippen LogP contribution in [-0.2, 0) is 11.2 Å². The maximum atomic E-state index is 13.0. The van der Waals surface area contributed by atoms with Gasteiger partial charge in [0.05, 0.1) is 5.69 Å². The Morgan fingerprint density at radius 3 is 2.86 bits per heavy atom. The molecule has 0 spiro atoms. The molecule has 3 heterocycles. The van der Waals surface area contributed by atoms with Crippen LogP contribution >= 0.6 is 0 Å². The standard InChI is InChI=1S/C21H19N5O3/c1-26-19-17(22-7-8-23-19)14-11-15(14)18(21(26)28)24-20(27)16-10-13(29-25-16)9-12-5-3-2-4-6-12/h2-8,10,14-15,18H,9,11H2,1H3,(H,24,27). The van der Waals surface area contributed by atoms with E-state index in [9.17, 15) is 9.59 Å². The van der Waals surface area contributed by atoms with Crippen LogP contribution in [-0.4, -0.2) is 40.0 Å². The van der Waals surface area contributed by atoms with Crippen molar-refractivity contribution in [3.63, 3.8) is 0 Å². The molecule has 3 aromatic rings. The van der Waals surface area contributed by atoms with Crippen molar-refractivity contribution in [2.24, 2.45) is 5.92 Å². The van der Waals surface area contributed by atoms with Crippen molar-refractivity contribution in [1.82, 2.24) is 20.4 Å². The number of anilines is 1. The number of amides is 2. The highest BCUT2D eigenvalue weighted by Crippen LogP contribution is 2.53. The molecule has 1 aliphatic heterocycles. The fourth-order valence-electron chi connectivity index (χ4n) is 3.94. The number of aromatic nitrogens is 3. The molecule has 1 aromatic carbocycles. The molecule has 2 amide bonds. The summed E-state index contributed by atoms with van der Waals surface area (Å²) in [4.78, 5) is 35.9. The van der Waals surface area contributed by atoms with Gasteiger partial charge in [-0.25, -0.2) is 4.98 Å². The summed E-state index contributed by atoms with van der Waals surface area (Å²) >= 11 is 0. The molecule has 29 heavy (non-hydrogen) atoms. The molecule has 0 saturated heterocycles. The van der Waals surface area contributed by atoms with Gasteiger partial charge in [-0.3, -0.25) is 19.5 Å². The minimum absolute atomic E-state index is 0.0162. The molecule has 0 radical (unpaired) electrons. The van der Waals surface area contributed by atoms with Crippen molar-refractivity contribution in [1.29, 1.82) is 0 Å². The summed E-state index contributed by atoms with van der Waals surface area (Å²) in [6.07, 6.45) is 4.55. The number of fused-ring (bicyclic) bond motifs is 3. The number of nitrogens with one attached hydrogen (secondary N) is 1. The molecule has 2 aromatic heterocycles. The molecule has 3 unspecified atom stereocenters. The van der Waals surface area contributed by atoms with Crippen molar-refractivity contribution in [2.45, 2.75) is 24.8 Å². The van der Waals surface area contributed by atoms with Gasteiger partial charge in [-0.1, -0.05) is 35.5 Å². The van der Waals surface area contributed by atoms with Crippen molar-refractivity contribution in [2.75, 3.05) is 11.9 Å². The van der Waals surface area contributed by atoms with Gasteiger partial charge in [0.15, 0.2) is 11.5 Å². The monoisotopic (exact) mass is 389 g/mol. The van der Waals surface area contributed by atoms with E-state index >= 15 is 0 Å². The average molecular weight is 389 g/mol. The Morgan fingerprint density at radius 1 is 1.24 bits per heavy atom. The van der Waals surface area contributed by atoms with Crippen molar-refractivity contribution >= 4 is 17.6 Å². The second kappa shape index (κ2) is 6.80. The highest BCUT2D eigenvalue weighted by Gasteiger charge is 2.53. The first kappa shape index (κ1) is 17.5. The Morgan fingerprint density at radius 2 is 2.03 bits per heavy atom. The predicted octanol–water partition coefficient (Wildman–Crippen LogP) is 1.93. The van der Waals surface area contributed by atoms with Gasteiger partial charge in [-0.15, -0.1) is 0 Å². The summed E-state index contributed by atoms with van der Waals surface area (Å²) in [5.74, 6) is 0.686. The van der Waals surface area contributed by atoms with Crippen LogP contribution in [0.15, 0.2) is 53.3 Å². The van der Waals surface area contributed by atoms with Crippen LogP contribution in [0.3, 0.4) is 0 Å². The SMILES string of the molecule is CN1C(=O)C(NC(=O)c2cc(Cc3ccccc3)on2)C2CC2c2nccnc21. The largest absolute Gasteiger partial charge is 0.360 e. The number of hydrogen-bond donors (Lipinski definition) is 1. The lowest BCUT2D eigenvalue weighted by Gasteiger charge is -2.22. The van der Waals surface area contributed by atoms with E-state index in [0.717, 1.165) is 17.7 Å². The van der Waals surface area contributed by atoms with E-state index < -0.39 is 11.9 Å². The van der Waals surface area contributed by atoms with Gasteiger partial charge in [-0.2, -0.15) is 0 Å². The normalized spacial score (nSPS) is 22.4. The Hall–Kier alpha value is -3.55. The van der Waals surface area contributed by atoms with Gasteiger partial charge in [0, 0.05) is 37.8 Å². The Balaban J connectivity index is 1.32. The number of hydrogen-bond acceptors (Lipinski definition) is 6. The molecule has 1 aliphatic carbocycles. The molecule has 2 aliphatic rings. The smallest absolute Gasteiger partial charge is 0.274 e. The van der Waals surface area contributed by atoms with E-state index in [-0.39, 0.29) is 23.4 Å². The number of likely N-dealkylation sites (N-methyl/N-ethyl adjacent to an activating group) is 1. The molecule has 8 nitrogen and oxygen atoms in total. The summed E-state index contributed by atoms with van der Waals surface area (Å²) in [5, 5.41) is 6.74. The van der Waals surface area contributed by atoms with Crippen LogP contribution in [0, 0.1) is 5.92 Å². The minimum Gasteiger partial charge on any atom is -0.360 e. The number of nitrogens with zero attached hydrogens (tertiary/aromatic N) is 4. The summed E-state index contributed by atoms with van der Waals surface area (Å²) in [7, 11) is 1.66. The van der Waals surface area contributed by atoms with Crippen LogP contribution < -0.4 is 10.2 Å². The lowest BCUT2D eigenvalue weighted by Crippen LogP contribution is -2.48. The molecule has 0 bridgehead atoms. The first-order valence-electron chi connectivity index (χ1n) is 9.50. The summed E-state index contributed by atoms with van der Waals surface area (Å²) in [5.41, 5.74) is 2.05. The Labute approximate surface area is 166 Å². The van der Waals surface area contributed by atoms with E-state index in [2.05, 4.69) is 20.4 Å². The summed E-state index contributed by atoms with van der Waals surface area (Å²) in [6.45, 7) is 0. The van der Waals surface area contributed by atoms with E-state index in [0.29, 0.717) is 18.0 Å². The molecule has 1 N–H and O–H groups in total. The first-order valence-corrected chi connectivity index (χ1v) is 9.50. The van der Waals surface area contributed by atoms with E-state index in [1.807, 2.05) is 30.3 Å². The summed E-state index contributed by atoms with van der Waals surface area (Å²) < 4.78 is 5.31. The third-order valence-electron chi connectivity index (χ3n) is 5.54. The van der Waals surface area contributed by atoms with Crippen LogP contribution in [0.25, 0.3) is 0 Å². The van der Waals surface area contributed by atoms with Gasteiger partial charge in [0.2, 0.25) is 0 Å². The van der Waals surface area contributed by atoms with Crippen molar-refractivity contribution < 1.29 is 14.1 Å². The first-order chi connectivity index (χ1) is 14.1. The number of carbonyl (C=O) groups is 2. The molecule has 3 atom stereocenters. The van der Waals surface area contributed by atoms with Crippen LogP contribution in [0.4, 0.5) is 5.82 Å². The third kappa shape index (κ3) is 3.16. The van der Waals surface area contributed by atoms with E-state index in [4.69, 9.17) is 4.52 Å². The number of rotatable bonds is 4. The Bertz CT molecular complexity index is 1080. The zero-order valence-electron chi connectivity index (χ0n) is 15.8. The van der Waals surface area contributed by atoms with Gasteiger partial charge in [-0.05, 0) is 17.9 Å².